The first kappa shape index (κ1) is 15.3. The highest BCUT2D eigenvalue weighted by molar-refractivity contribution is 8.15. The number of thioether (sulfide) groups is 1. The van der Waals surface area contributed by atoms with E-state index in [1.54, 1.807) is 18.2 Å². The molecule has 0 aliphatic carbocycles. The number of amides is 1. The maximum absolute atomic E-state index is 11.4. The number of carbonyl (C=O) groups excluding carboxylic acids is 1. The molecule has 2 N–H and O–H groups in total. The van der Waals surface area contributed by atoms with E-state index in [1.807, 2.05) is 13.8 Å². The first-order valence-electron chi connectivity index (χ1n) is 5.56. The van der Waals surface area contributed by atoms with Crippen molar-refractivity contribution in [1.29, 1.82) is 5.41 Å². The van der Waals surface area contributed by atoms with Gasteiger partial charge in [-0.3, -0.25) is 10.2 Å². The van der Waals surface area contributed by atoms with Crippen LogP contribution in [0.25, 0.3) is 0 Å². The molecule has 0 spiro atoms. The number of hydrogen-bond acceptors (Lipinski definition) is 3. The zero-order valence-electron chi connectivity index (χ0n) is 10.1. The lowest BCUT2D eigenvalue weighted by molar-refractivity contribution is -0.118. The average molecular weight is 305 g/mol. The summed E-state index contributed by atoms with van der Waals surface area (Å²) in [5, 5.41) is 10.9. The van der Waals surface area contributed by atoms with Gasteiger partial charge in [-0.1, -0.05) is 48.8 Å². The lowest BCUT2D eigenvalue weighted by Crippen LogP contribution is -2.25. The van der Waals surface area contributed by atoms with E-state index >= 15 is 0 Å². The molecule has 1 heterocycles. The van der Waals surface area contributed by atoms with Crippen LogP contribution in [0.5, 0.6) is 0 Å². The second-order valence-electron chi connectivity index (χ2n) is 3.36. The van der Waals surface area contributed by atoms with Gasteiger partial charge in [0.25, 0.3) is 0 Å². The predicted octanol–water partition coefficient (Wildman–Crippen LogP) is 3.73. The molecular weight excluding hydrogens is 291 g/mol. The summed E-state index contributed by atoms with van der Waals surface area (Å²) in [6, 6.07) is 5.17. The molecule has 2 rings (SSSR count). The molecule has 98 valence electrons. The third-order valence-electron chi connectivity index (χ3n) is 2.20. The number of rotatable bonds is 2. The van der Waals surface area contributed by atoms with Gasteiger partial charge < -0.3 is 5.32 Å². The van der Waals surface area contributed by atoms with Gasteiger partial charge >= 0.3 is 0 Å². The highest BCUT2D eigenvalue weighted by Crippen LogP contribution is 2.27. The summed E-state index contributed by atoms with van der Waals surface area (Å²) < 4.78 is 0. The molecule has 1 aromatic rings. The smallest absolute Gasteiger partial charge is 0.239 e. The van der Waals surface area contributed by atoms with Gasteiger partial charge in [0.05, 0.1) is 5.25 Å². The molecule has 1 atom stereocenters. The van der Waals surface area contributed by atoms with Crippen LogP contribution >= 0.6 is 35.0 Å². The summed E-state index contributed by atoms with van der Waals surface area (Å²) in [6.45, 7) is 4.00. The van der Waals surface area contributed by atoms with Gasteiger partial charge in [0.15, 0.2) is 5.17 Å². The fraction of sp³-hybridized carbons (Fsp3) is 0.333. The number of hydrogen-bond donors (Lipinski definition) is 2. The minimum atomic E-state index is -0.288. The highest BCUT2D eigenvalue weighted by atomic mass is 35.5. The van der Waals surface area contributed by atoms with E-state index in [9.17, 15) is 4.79 Å². The van der Waals surface area contributed by atoms with Crippen LogP contribution in [-0.2, 0) is 11.2 Å². The van der Waals surface area contributed by atoms with Crippen molar-refractivity contribution in [1.82, 2.24) is 5.32 Å². The minimum Gasteiger partial charge on any atom is -0.305 e. The van der Waals surface area contributed by atoms with Crippen LogP contribution in [0.3, 0.4) is 0 Å². The Labute approximate surface area is 121 Å². The molecule has 0 radical (unpaired) electrons. The molecule has 1 aliphatic heterocycles. The third-order valence-corrected chi connectivity index (χ3v) is 3.81. The minimum absolute atomic E-state index is 0.147. The monoisotopic (exact) mass is 304 g/mol. The lowest BCUT2D eigenvalue weighted by atomic mass is 10.1. The zero-order valence-corrected chi connectivity index (χ0v) is 12.4. The van der Waals surface area contributed by atoms with Crippen LogP contribution in [-0.4, -0.2) is 16.3 Å². The normalized spacial score (nSPS) is 18.1. The van der Waals surface area contributed by atoms with Gasteiger partial charge in [-0.25, -0.2) is 0 Å². The zero-order chi connectivity index (χ0) is 13.7. The largest absolute Gasteiger partial charge is 0.305 e. The Balaban J connectivity index is 0.000000771. The van der Waals surface area contributed by atoms with Gasteiger partial charge in [-0.2, -0.15) is 0 Å². The van der Waals surface area contributed by atoms with Crippen molar-refractivity contribution in [2.45, 2.75) is 25.5 Å². The Morgan fingerprint density at radius 1 is 1.39 bits per heavy atom. The van der Waals surface area contributed by atoms with Crippen molar-refractivity contribution in [3.63, 3.8) is 0 Å². The van der Waals surface area contributed by atoms with Gasteiger partial charge in [0.1, 0.15) is 0 Å². The standard InChI is InChI=1S/C10H8Cl2N2OS.C2H6/c11-6-1-2-7(12)5(3-6)4-8-9(15)14-10(13)16-8;1-2/h1-3,8H,4H2,(H2,13,14,15);1-2H3/t8-;/m1./s1. The van der Waals surface area contributed by atoms with Crippen molar-refractivity contribution < 1.29 is 4.79 Å². The van der Waals surface area contributed by atoms with E-state index in [4.69, 9.17) is 28.6 Å². The van der Waals surface area contributed by atoms with Crippen LogP contribution in [0.15, 0.2) is 18.2 Å². The molecule has 6 heteroatoms. The summed E-state index contributed by atoms with van der Waals surface area (Å²) in [5.74, 6) is -0.147. The van der Waals surface area contributed by atoms with Crippen LogP contribution in [0.1, 0.15) is 19.4 Å². The molecule has 1 saturated heterocycles. The number of halogens is 2. The van der Waals surface area contributed by atoms with Crippen molar-refractivity contribution in [2.75, 3.05) is 0 Å². The predicted molar refractivity (Wildman–Crippen MR) is 78.8 cm³/mol. The molecule has 1 fully saturated rings. The van der Waals surface area contributed by atoms with E-state index in [-0.39, 0.29) is 16.3 Å². The molecule has 0 saturated carbocycles. The topological polar surface area (TPSA) is 53.0 Å². The van der Waals surface area contributed by atoms with Gasteiger partial charge in [-0.15, -0.1) is 0 Å². The number of amidine groups is 1. The van der Waals surface area contributed by atoms with Crippen molar-refractivity contribution in [3.05, 3.63) is 33.8 Å². The fourth-order valence-corrected chi connectivity index (χ4v) is 2.71. The molecule has 18 heavy (non-hydrogen) atoms. The van der Waals surface area contributed by atoms with Gasteiger partial charge in [0.2, 0.25) is 5.91 Å². The second kappa shape index (κ2) is 7.02. The van der Waals surface area contributed by atoms with Crippen LogP contribution in [0.2, 0.25) is 10.0 Å². The molecule has 1 aromatic carbocycles. The second-order valence-corrected chi connectivity index (χ2v) is 5.42. The Bertz CT molecular complexity index is 465. The Hall–Kier alpha value is -0.710. The third kappa shape index (κ3) is 3.90. The van der Waals surface area contributed by atoms with Crippen molar-refractivity contribution in [3.8, 4) is 0 Å². The molecule has 1 aliphatic rings. The van der Waals surface area contributed by atoms with E-state index < -0.39 is 0 Å². The maximum atomic E-state index is 11.4. The van der Waals surface area contributed by atoms with Crippen LogP contribution < -0.4 is 5.32 Å². The number of benzene rings is 1. The van der Waals surface area contributed by atoms with E-state index in [2.05, 4.69) is 5.32 Å². The number of carbonyl (C=O) groups is 1. The maximum Gasteiger partial charge on any atom is 0.239 e. The van der Waals surface area contributed by atoms with Crippen molar-refractivity contribution in [2.24, 2.45) is 0 Å². The lowest BCUT2D eigenvalue weighted by Gasteiger charge is -2.07. The molecule has 0 unspecified atom stereocenters. The van der Waals surface area contributed by atoms with Gasteiger partial charge in [-0.05, 0) is 30.2 Å². The summed E-state index contributed by atoms with van der Waals surface area (Å²) in [6.07, 6.45) is 0.484. The molecular formula is C12H14Cl2N2OS. The summed E-state index contributed by atoms with van der Waals surface area (Å²) in [5.41, 5.74) is 0.830. The first-order chi connectivity index (χ1) is 8.56. The SMILES string of the molecule is CC.N=C1NC(=O)[C@@H](Cc2cc(Cl)ccc2Cl)S1. The Morgan fingerprint density at radius 3 is 2.61 bits per heavy atom. The summed E-state index contributed by atoms with van der Waals surface area (Å²) in [7, 11) is 0. The highest BCUT2D eigenvalue weighted by Gasteiger charge is 2.29. The quantitative estimate of drug-likeness (QED) is 0.874. The molecule has 0 aromatic heterocycles. The van der Waals surface area contributed by atoms with E-state index in [1.165, 1.54) is 11.8 Å². The Morgan fingerprint density at radius 2 is 2.06 bits per heavy atom. The fourth-order valence-electron chi connectivity index (χ4n) is 1.45. The van der Waals surface area contributed by atoms with E-state index in [0.29, 0.717) is 16.5 Å². The van der Waals surface area contributed by atoms with Gasteiger partial charge in [0, 0.05) is 10.0 Å². The number of nitrogens with one attached hydrogen (secondary N) is 2. The Kier molecular flexibility index (Phi) is 5.99. The summed E-state index contributed by atoms with van der Waals surface area (Å²) >= 11 is 13.1. The first-order valence-corrected chi connectivity index (χ1v) is 7.20. The molecule has 3 nitrogen and oxygen atoms in total. The van der Waals surface area contributed by atoms with Crippen LogP contribution in [0.4, 0.5) is 0 Å². The van der Waals surface area contributed by atoms with Crippen LogP contribution in [0, 0.1) is 5.41 Å². The summed E-state index contributed by atoms with van der Waals surface area (Å²) in [4.78, 5) is 11.4. The molecule has 0 bridgehead atoms. The molecule has 1 amide bonds. The van der Waals surface area contributed by atoms with Crippen molar-refractivity contribution >= 4 is 46.0 Å². The average Bonchev–Trinajstić information content (AvgIpc) is 2.65. The van der Waals surface area contributed by atoms with E-state index in [0.717, 1.165) is 5.56 Å².